The summed E-state index contributed by atoms with van der Waals surface area (Å²) in [4.78, 5) is 12.6. The number of carboxylic acids is 1. The topological polar surface area (TPSA) is 40.5 Å². The van der Waals surface area contributed by atoms with Crippen LogP contribution in [-0.2, 0) is 4.79 Å². The maximum Gasteiger partial charge on any atom is 0.304 e. The van der Waals surface area contributed by atoms with E-state index >= 15 is 0 Å². The SMILES string of the molecule is CC(CC(=O)O)N1CC(C)(C)C1. The summed E-state index contributed by atoms with van der Waals surface area (Å²) in [7, 11) is 0. The first-order valence-electron chi connectivity index (χ1n) is 4.36. The normalized spacial score (nSPS) is 24.6. The van der Waals surface area contributed by atoms with Crippen LogP contribution in [0.15, 0.2) is 0 Å². The van der Waals surface area contributed by atoms with Crippen LogP contribution in [0.25, 0.3) is 0 Å². The predicted molar refractivity (Wildman–Crippen MR) is 47.1 cm³/mol. The van der Waals surface area contributed by atoms with Crippen molar-refractivity contribution in [3.05, 3.63) is 0 Å². The molecule has 0 aromatic carbocycles. The highest BCUT2D eigenvalue weighted by molar-refractivity contribution is 5.67. The third-order valence-corrected chi connectivity index (χ3v) is 2.36. The first-order valence-corrected chi connectivity index (χ1v) is 4.36. The van der Waals surface area contributed by atoms with Crippen molar-refractivity contribution in [2.24, 2.45) is 5.41 Å². The lowest BCUT2D eigenvalue weighted by molar-refractivity contribution is -0.139. The molecule has 0 aromatic heterocycles. The summed E-state index contributed by atoms with van der Waals surface area (Å²) in [6.45, 7) is 8.44. The summed E-state index contributed by atoms with van der Waals surface area (Å²) in [5.74, 6) is -0.702. The molecule has 0 aliphatic carbocycles. The molecular weight excluding hydrogens is 154 g/mol. The Balaban J connectivity index is 2.28. The zero-order chi connectivity index (χ0) is 9.35. The van der Waals surface area contributed by atoms with Gasteiger partial charge in [-0.15, -0.1) is 0 Å². The van der Waals surface area contributed by atoms with E-state index in [4.69, 9.17) is 5.11 Å². The lowest BCUT2D eigenvalue weighted by Gasteiger charge is -2.48. The number of likely N-dealkylation sites (tertiary alicyclic amines) is 1. The molecule has 0 amide bonds. The Morgan fingerprint density at radius 2 is 2.08 bits per heavy atom. The van der Waals surface area contributed by atoms with Crippen molar-refractivity contribution in [3.63, 3.8) is 0 Å². The van der Waals surface area contributed by atoms with Crippen molar-refractivity contribution >= 4 is 5.97 Å². The van der Waals surface area contributed by atoms with Crippen LogP contribution in [0.2, 0.25) is 0 Å². The van der Waals surface area contributed by atoms with Gasteiger partial charge in [-0.3, -0.25) is 9.69 Å². The van der Waals surface area contributed by atoms with Crippen LogP contribution in [0.1, 0.15) is 27.2 Å². The smallest absolute Gasteiger partial charge is 0.304 e. The fraction of sp³-hybridized carbons (Fsp3) is 0.889. The summed E-state index contributed by atoms with van der Waals surface area (Å²) < 4.78 is 0. The molecular formula is C9H17NO2. The van der Waals surface area contributed by atoms with Crippen molar-refractivity contribution in [1.82, 2.24) is 4.90 Å². The second-order valence-electron chi connectivity index (χ2n) is 4.52. The van der Waals surface area contributed by atoms with Crippen LogP contribution < -0.4 is 0 Å². The maximum atomic E-state index is 10.4. The largest absolute Gasteiger partial charge is 0.481 e. The minimum absolute atomic E-state index is 0.190. The van der Waals surface area contributed by atoms with Gasteiger partial charge in [-0.1, -0.05) is 13.8 Å². The summed E-state index contributed by atoms with van der Waals surface area (Å²) in [5, 5.41) is 8.56. The Kier molecular flexibility index (Phi) is 2.42. The Hall–Kier alpha value is -0.570. The molecule has 1 aliphatic rings. The van der Waals surface area contributed by atoms with Crippen molar-refractivity contribution in [2.45, 2.75) is 33.2 Å². The minimum Gasteiger partial charge on any atom is -0.481 e. The van der Waals surface area contributed by atoms with E-state index in [0.717, 1.165) is 13.1 Å². The lowest BCUT2D eigenvalue weighted by Crippen LogP contribution is -2.56. The van der Waals surface area contributed by atoms with E-state index < -0.39 is 5.97 Å². The highest BCUT2D eigenvalue weighted by atomic mass is 16.4. The van der Waals surface area contributed by atoms with Gasteiger partial charge in [-0.25, -0.2) is 0 Å². The molecule has 1 atom stereocenters. The summed E-state index contributed by atoms with van der Waals surface area (Å²) in [5.41, 5.74) is 0.396. The molecule has 1 heterocycles. The van der Waals surface area contributed by atoms with Crippen LogP contribution in [-0.4, -0.2) is 35.1 Å². The number of hydrogen-bond donors (Lipinski definition) is 1. The number of carbonyl (C=O) groups is 1. The molecule has 0 saturated carbocycles. The molecule has 0 radical (unpaired) electrons. The monoisotopic (exact) mass is 171 g/mol. The van der Waals surface area contributed by atoms with Gasteiger partial charge in [0.15, 0.2) is 0 Å². The van der Waals surface area contributed by atoms with Crippen molar-refractivity contribution in [3.8, 4) is 0 Å². The fourth-order valence-corrected chi connectivity index (χ4v) is 1.75. The first kappa shape index (κ1) is 9.52. The number of hydrogen-bond acceptors (Lipinski definition) is 2. The molecule has 3 heteroatoms. The molecule has 0 bridgehead atoms. The molecule has 1 aliphatic heterocycles. The fourth-order valence-electron chi connectivity index (χ4n) is 1.75. The van der Waals surface area contributed by atoms with E-state index in [2.05, 4.69) is 18.7 Å². The minimum atomic E-state index is -0.702. The highest BCUT2D eigenvalue weighted by Gasteiger charge is 2.36. The number of carboxylic acid groups (broad SMARTS) is 1. The van der Waals surface area contributed by atoms with Crippen molar-refractivity contribution in [1.29, 1.82) is 0 Å². The van der Waals surface area contributed by atoms with Crippen LogP contribution in [0.3, 0.4) is 0 Å². The van der Waals surface area contributed by atoms with Gasteiger partial charge < -0.3 is 5.11 Å². The van der Waals surface area contributed by atoms with Gasteiger partial charge in [0.05, 0.1) is 6.42 Å². The molecule has 1 fully saturated rings. The average molecular weight is 171 g/mol. The molecule has 12 heavy (non-hydrogen) atoms. The second-order valence-corrected chi connectivity index (χ2v) is 4.52. The van der Waals surface area contributed by atoms with E-state index in [1.165, 1.54) is 0 Å². The Morgan fingerprint density at radius 3 is 2.42 bits per heavy atom. The van der Waals surface area contributed by atoms with Crippen LogP contribution in [0, 0.1) is 5.41 Å². The van der Waals surface area contributed by atoms with E-state index in [9.17, 15) is 4.79 Å². The first-order chi connectivity index (χ1) is 5.41. The Morgan fingerprint density at radius 1 is 1.58 bits per heavy atom. The average Bonchev–Trinajstić information content (AvgIpc) is 1.80. The molecule has 1 saturated heterocycles. The van der Waals surface area contributed by atoms with E-state index in [-0.39, 0.29) is 12.5 Å². The lowest BCUT2D eigenvalue weighted by atomic mass is 9.83. The number of aliphatic carboxylic acids is 1. The van der Waals surface area contributed by atoms with E-state index in [1.807, 2.05) is 6.92 Å². The molecule has 1 unspecified atom stereocenters. The molecule has 70 valence electrons. The quantitative estimate of drug-likeness (QED) is 0.693. The van der Waals surface area contributed by atoms with Gasteiger partial charge in [-0.05, 0) is 12.3 Å². The predicted octanol–water partition coefficient (Wildman–Crippen LogP) is 1.19. The Bertz CT molecular complexity index is 181. The summed E-state index contributed by atoms with van der Waals surface area (Å²) in [6, 6.07) is 0.190. The molecule has 1 N–H and O–H groups in total. The molecule has 0 spiro atoms. The van der Waals surface area contributed by atoms with Gasteiger partial charge in [0, 0.05) is 19.1 Å². The van der Waals surface area contributed by atoms with Crippen LogP contribution >= 0.6 is 0 Å². The number of rotatable bonds is 3. The number of nitrogens with zero attached hydrogens (tertiary/aromatic N) is 1. The van der Waals surface area contributed by atoms with Gasteiger partial charge in [0.2, 0.25) is 0 Å². The Labute approximate surface area is 73.4 Å². The zero-order valence-corrected chi connectivity index (χ0v) is 8.00. The second kappa shape index (κ2) is 3.05. The van der Waals surface area contributed by atoms with E-state index in [0.29, 0.717) is 5.41 Å². The van der Waals surface area contributed by atoms with Crippen LogP contribution in [0.5, 0.6) is 0 Å². The standard InChI is InChI=1S/C9H17NO2/c1-7(4-8(11)12)10-5-9(2,3)6-10/h7H,4-6H2,1-3H3,(H,11,12). The maximum absolute atomic E-state index is 10.4. The van der Waals surface area contributed by atoms with Crippen molar-refractivity contribution in [2.75, 3.05) is 13.1 Å². The van der Waals surface area contributed by atoms with Gasteiger partial charge >= 0.3 is 5.97 Å². The van der Waals surface area contributed by atoms with Gasteiger partial charge in [0.25, 0.3) is 0 Å². The summed E-state index contributed by atoms with van der Waals surface area (Å²) >= 11 is 0. The molecule has 1 rings (SSSR count). The summed E-state index contributed by atoms with van der Waals surface area (Å²) in [6.07, 6.45) is 0.260. The zero-order valence-electron chi connectivity index (χ0n) is 8.00. The molecule has 3 nitrogen and oxygen atoms in total. The third kappa shape index (κ3) is 2.21. The van der Waals surface area contributed by atoms with Crippen LogP contribution in [0.4, 0.5) is 0 Å². The third-order valence-electron chi connectivity index (χ3n) is 2.36. The molecule has 0 aromatic rings. The van der Waals surface area contributed by atoms with Gasteiger partial charge in [-0.2, -0.15) is 0 Å². The highest BCUT2D eigenvalue weighted by Crippen LogP contribution is 2.30. The van der Waals surface area contributed by atoms with Gasteiger partial charge in [0.1, 0.15) is 0 Å². The van der Waals surface area contributed by atoms with Crippen molar-refractivity contribution < 1.29 is 9.90 Å². The van der Waals surface area contributed by atoms with E-state index in [1.54, 1.807) is 0 Å².